The zero-order valence-corrected chi connectivity index (χ0v) is 11.6. The van der Waals surface area contributed by atoms with Crippen molar-refractivity contribution in [1.82, 2.24) is 14.8 Å². The first-order valence-electron chi connectivity index (χ1n) is 6.14. The summed E-state index contributed by atoms with van der Waals surface area (Å²) in [6.45, 7) is 3.70. The Morgan fingerprint density at radius 1 is 1.50 bits per heavy atom. The van der Waals surface area contributed by atoms with E-state index in [1.165, 1.54) is 6.07 Å². The predicted molar refractivity (Wildman–Crippen MR) is 75.6 cm³/mol. The van der Waals surface area contributed by atoms with E-state index in [-0.39, 0.29) is 17.3 Å². The van der Waals surface area contributed by atoms with Crippen LogP contribution in [0.3, 0.4) is 0 Å². The zero-order valence-electron chi connectivity index (χ0n) is 11.6. The fraction of sp³-hybridized carbons (Fsp3) is 0.308. The van der Waals surface area contributed by atoms with Crippen molar-refractivity contribution < 1.29 is 9.90 Å². The van der Waals surface area contributed by atoms with E-state index in [9.17, 15) is 4.79 Å². The molecule has 0 aliphatic heterocycles. The van der Waals surface area contributed by atoms with E-state index in [2.05, 4.69) is 15.5 Å². The number of carboxylic acids is 1. The minimum Gasteiger partial charge on any atom is -0.478 e. The third-order valence-corrected chi connectivity index (χ3v) is 3.13. The third kappa shape index (κ3) is 2.56. The first-order chi connectivity index (χ1) is 9.40. The Labute approximate surface area is 116 Å². The van der Waals surface area contributed by atoms with Crippen LogP contribution >= 0.6 is 0 Å². The maximum absolute atomic E-state index is 11.2. The number of hydrogen-bond acceptors (Lipinski definition) is 5. The van der Waals surface area contributed by atoms with Crippen LogP contribution in [-0.4, -0.2) is 25.8 Å². The second-order valence-electron chi connectivity index (χ2n) is 4.73. The van der Waals surface area contributed by atoms with Crippen molar-refractivity contribution in [3.63, 3.8) is 0 Å². The molecule has 1 aromatic carbocycles. The molecule has 0 fully saturated rings. The summed E-state index contributed by atoms with van der Waals surface area (Å²) in [5.74, 6) is -0.281. The fourth-order valence-corrected chi connectivity index (χ4v) is 2.06. The summed E-state index contributed by atoms with van der Waals surface area (Å²) in [6, 6.07) is 3.23. The average molecular weight is 275 g/mol. The standard InChI is InChI=1S/C13H17N5O2/c1-7-4-9(5-10(11(7)14)13(19)20)16-8(2)12-17-15-6-18(12)3/h4-6,8,16H,14H2,1-3H3,(H,19,20). The Balaban J connectivity index is 2.30. The van der Waals surface area contributed by atoms with Gasteiger partial charge in [0.25, 0.3) is 0 Å². The van der Waals surface area contributed by atoms with E-state index < -0.39 is 5.97 Å². The van der Waals surface area contributed by atoms with Gasteiger partial charge in [-0.25, -0.2) is 4.79 Å². The summed E-state index contributed by atoms with van der Waals surface area (Å²) in [5, 5.41) is 20.2. The lowest BCUT2D eigenvalue weighted by Crippen LogP contribution is -2.13. The molecule has 2 rings (SSSR count). The van der Waals surface area contributed by atoms with Gasteiger partial charge in [-0.05, 0) is 31.5 Å². The molecule has 106 valence electrons. The van der Waals surface area contributed by atoms with Crippen molar-refractivity contribution in [3.05, 3.63) is 35.4 Å². The molecule has 1 heterocycles. The highest BCUT2D eigenvalue weighted by Gasteiger charge is 2.15. The predicted octanol–water partition coefficient (Wildman–Crippen LogP) is 1.58. The number of carboxylic acid groups (broad SMARTS) is 1. The Hall–Kier alpha value is -2.57. The quantitative estimate of drug-likeness (QED) is 0.731. The highest BCUT2D eigenvalue weighted by Crippen LogP contribution is 2.25. The van der Waals surface area contributed by atoms with Crippen LogP contribution in [0.1, 0.15) is 34.7 Å². The first-order valence-corrected chi connectivity index (χ1v) is 6.14. The molecule has 1 atom stereocenters. The van der Waals surface area contributed by atoms with E-state index in [0.717, 1.165) is 11.4 Å². The van der Waals surface area contributed by atoms with Gasteiger partial charge >= 0.3 is 5.97 Å². The van der Waals surface area contributed by atoms with Crippen LogP contribution in [0, 0.1) is 6.92 Å². The molecule has 0 saturated heterocycles. The van der Waals surface area contributed by atoms with Gasteiger partial charge in [0.2, 0.25) is 0 Å². The minimum absolute atomic E-state index is 0.0951. The van der Waals surface area contributed by atoms with E-state index in [1.807, 2.05) is 20.0 Å². The number of aromatic carboxylic acids is 1. The topological polar surface area (TPSA) is 106 Å². The van der Waals surface area contributed by atoms with E-state index in [0.29, 0.717) is 5.69 Å². The number of benzene rings is 1. The lowest BCUT2D eigenvalue weighted by atomic mass is 10.1. The number of nitrogens with zero attached hydrogens (tertiary/aromatic N) is 3. The molecule has 7 heteroatoms. The maximum Gasteiger partial charge on any atom is 0.337 e. The molecule has 0 saturated carbocycles. The summed E-state index contributed by atoms with van der Waals surface area (Å²) < 4.78 is 1.81. The van der Waals surface area contributed by atoms with Crippen LogP contribution in [0.2, 0.25) is 0 Å². The summed E-state index contributed by atoms with van der Waals surface area (Å²) in [7, 11) is 1.85. The van der Waals surface area contributed by atoms with Gasteiger partial charge in [0, 0.05) is 18.4 Å². The van der Waals surface area contributed by atoms with Gasteiger partial charge in [0.05, 0.1) is 11.6 Å². The summed E-state index contributed by atoms with van der Waals surface area (Å²) in [6.07, 6.45) is 1.62. The van der Waals surface area contributed by atoms with Gasteiger partial charge in [0.1, 0.15) is 6.33 Å². The number of carbonyl (C=O) groups is 1. The summed E-state index contributed by atoms with van der Waals surface area (Å²) >= 11 is 0. The molecular formula is C13H17N5O2. The Morgan fingerprint density at radius 2 is 2.20 bits per heavy atom. The molecule has 4 N–H and O–H groups in total. The number of nitrogen functional groups attached to an aromatic ring is 1. The number of hydrogen-bond donors (Lipinski definition) is 3. The Kier molecular flexibility index (Phi) is 3.60. The van der Waals surface area contributed by atoms with Crippen molar-refractivity contribution in [2.75, 3.05) is 11.1 Å². The first kappa shape index (κ1) is 13.9. The van der Waals surface area contributed by atoms with Gasteiger partial charge in [0.15, 0.2) is 5.82 Å². The van der Waals surface area contributed by atoms with Gasteiger partial charge < -0.3 is 20.7 Å². The minimum atomic E-state index is -1.04. The van der Waals surface area contributed by atoms with Crippen LogP contribution in [0.15, 0.2) is 18.5 Å². The Morgan fingerprint density at radius 3 is 2.75 bits per heavy atom. The van der Waals surface area contributed by atoms with Crippen LogP contribution in [0.25, 0.3) is 0 Å². The average Bonchev–Trinajstić information content (AvgIpc) is 2.79. The van der Waals surface area contributed by atoms with E-state index in [1.54, 1.807) is 17.8 Å². The van der Waals surface area contributed by atoms with Crippen molar-refractivity contribution in [2.24, 2.45) is 7.05 Å². The highest BCUT2D eigenvalue weighted by atomic mass is 16.4. The van der Waals surface area contributed by atoms with Crippen LogP contribution in [-0.2, 0) is 7.05 Å². The van der Waals surface area contributed by atoms with Gasteiger partial charge in [-0.2, -0.15) is 0 Å². The molecular weight excluding hydrogens is 258 g/mol. The fourth-order valence-electron chi connectivity index (χ4n) is 2.06. The lowest BCUT2D eigenvalue weighted by molar-refractivity contribution is 0.0698. The second-order valence-corrected chi connectivity index (χ2v) is 4.73. The molecule has 7 nitrogen and oxygen atoms in total. The molecule has 1 unspecified atom stereocenters. The number of nitrogens with two attached hydrogens (primary N) is 1. The van der Waals surface area contributed by atoms with Gasteiger partial charge in [-0.15, -0.1) is 10.2 Å². The SMILES string of the molecule is Cc1cc(NC(C)c2nncn2C)cc(C(=O)O)c1N. The van der Waals surface area contributed by atoms with Crippen LogP contribution in [0.4, 0.5) is 11.4 Å². The van der Waals surface area contributed by atoms with Gasteiger partial charge in [-0.1, -0.05) is 0 Å². The third-order valence-electron chi connectivity index (χ3n) is 3.13. The molecule has 0 aliphatic carbocycles. The molecule has 2 aromatic rings. The number of rotatable bonds is 4. The largest absolute Gasteiger partial charge is 0.478 e. The second kappa shape index (κ2) is 5.20. The molecule has 0 amide bonds. The van der Waals surface area contributed by atoms with Crippen molar-refractivity contribution in [3.8, 4) is 0 Å². The number of aryl methyl sites for hydroxylation is 2. The summed E-state index contributed by atoms with van der Waals surface area (Å²) in [5.41, 5.74) is 7.55. The molecule has 0 radical (unpaired) electrons. The van der Waals surface area contributed by atoms with Gasteiger partial charge in [-0.3, -0.25) is 0 Å². The van der Waals surface area contributed by atoms with E-state index >= 15 is 0 Å². The number of anilines is 2. The molecule has 1 aromatic heterocycles. The van der Waals surface area contributed by atoms with Crippen LogP contribution in [0.5, 0.6) is 0 Å². The summed E-state index contributed by atoms with van der Waals surface area (Å²) in [4.78, 5) is 11.2. The monoisotopic (exact) mass is 275 g/mol. The number of aromatic nitrogens is 3. The van der Waals surface area contributed by atoms with Crippen molar-refractivity contribution >= 4 is 17.3 Å². The molecule has 0 bridgehead atoms. The molecule has 0 aliphatic rings. The Bertz CT molecular complexity index is 650. The smallest absolute Gasteiger partial charge is 0.337 e. The van der Waals surface area contributed by atoms with Crippen molar-refractivity contribution in [1.29, 1.82) is 0 Å². The molecule has 0 spiro atoms. The normalized spacial score (nSPS) is 12.2. The lowest BCUT2D eigenvalue weighted by Gasteiger charge is -2.16. The van der Waals surface area contributed by atoms with Crippen LogP contribution < -0.4 is 11.1 Å². The molecule has 20 heavy (non-hydrogen) atoms. The van der Waals surface area contributed by atoms with Crippen molar-refractivity contribution in [2.45, 2.75) is 19.9 Å². The zero-order chi connectivity index (χ0) is 14.9. The number of nitrogens with one attached hydrogen (secondary N) is 1. The highest BCUT2D eigenvalue weighted by molar-refractivity contribution is 5.95. The van der Waals surface area contributed by atoms with E-state index in [4.69, 9.17) is 10.8 Å². The maximum atomic E-state index is 11.2.